The van der Waals surface area contributed by atoms with Crippen LogP contribution in [0.2, 0.25) is 0 Å². The van der Waals surface area contributed by atoms with Gasteiger partial charge in [-0.1, -0.05) is 12.8 Å². The van der Waals surface area contributed by atoms with Gasteiger partial charge in [0.15, 0.2) is 5.76 Å². The molecule has 1 saturated heterocycles. The number of furan rings is 1. The predicted octanol–water partition coefficient (Wildman–Crippen LogP) is 4.37. The third kappa shape index (κ3) is 6.10. The van der Waals surface area contributed by atoms with Crippen LogP contribution in [0.15, 0.2) is 47.1 Å². The molecule has 2 aromatic rings. The average molecular weight is 414 g/mol. The van der Waals surface area contributed by atoms with Crippen LogP contribution in [0.4, 0.5) is 11.4 Å². The lowest BCUT2D eigenvalue weighted by molar-refractivity contribution is -0.129. The molecule has 0 atom stereocenters. The van der Waals surface area contributed by atoms with Gasteiger partial charge in [-0.3, -0.25) is 14.8 Å². The van der Waals surface area contributed by atoms with Crippen molar-refractivity contribution in [3.63, 3.8) is 0 Å². The largest absolute Gasteiger partial charge is 0.459 e. The third-order valence-electron chi connectivity index (χ3n) is 5.52. The van der Waals surface area contributed by atoms with Crippen LogP contribution in [0.25, 0.3) is 0 Å². The number of nitrogens with zero attached hydrogens (tertiary/aromatic N) is 2. The highest BCUT2D eigenvalue weighted by Gasteiger charge is 2.20. The summed E-state index contributed by atoms with van der Waals surface area (Å²) >= 11 is 0. The number of amides is 2. The molecule has 0 saturated carbocycles. The molecule has 7 nitrogen and oxygen atoms in total. The van der Waals surface area contributed by atoms with Crippen molar-refractivity contribution in [2.45, 2.75) is 51.4 Å². The van der Waals surface area contributed by atoms with Gasteiger partial charge in [0.05, 0.1) is 6.26 Å². The summed E-state index contributed by atoms with van der Waals surface area (Å²) in [5.74, 6) is -0.182. The van der Waals surface area contributed by atoms with Gasteiger partial charge in [0.2, 0.25) is 5.91 Å². The minimum Gasteiger partial charge on any atom is -0.459 e. The molecule has 7 heteroatoms. The fourth-order valence-electron chi connectivity index (χ4n) is 3.84. The number of benzene rings is 1. The quantitative estimate of drug-likeness (QED) is 0.343. The van der Waals surface area contributed by atoms with Crippen molar-refractivity contribution in [1.29, 1.82) is 0 Å². The van der Waals surface area contributed by atoms with Gasteiger partial charge in [0, 0.05) is 37.4 Å². The van der Waals surface area contributed by atoms with Gasteiger partial charge in [-0.2, -0.15) is 0 Å². The molecular formula is C23H31N3O4. The van der Waals surface area contributed by atoms with Crippen molar-refractivity contribution < 1.29 is 19.2 Å². The average Bonchev–Trinajstić information content (AvgIpc) is 3.34. The van der Waals surface area contributed by atoms with Crippen LogP contribution in [-0.4, -0.2) is 36.7 Å². The van der Waals surface area contributed by atoms with Crippen LogP contribution in [0.5, 0.6) is 0 Å². The van der Waals surface area contributed by atoms with E-state index in [-0.39, 0.29) is 11.8 Å². The summed E-state index contributed by atoms with van der Waals surface area (Å²) < 4.78 is 5.33. The Morgan fingerprint density at radius 3 is 2.40 bits per heavy atom. The first-order valence-corrected chi connectivity index (χ1v) is 10.8. The number of carbonyl (C=O) groups is 2. The van der Waals surface area contributed by atoms with Crippen molar-refractivity contribution in [1.82, 2.24) is 5.48 Å². The van der Waals surface area contributed by atoms with Crippen LogP contribution in [0.1, 0.15) is 61.9 Å². The summed E-state index contributed by atoms with van der Waals surface area (Å²) in [4.78, 5) is 28.2. The summed E-state index contributed by atoms with van der Waals surface area (Å²) in [5, 5.41) is 8.53. The molecule has 0 spiro atoms. The summed E-state index contributed by atoms with van der Waals surface area (Å²) in [5.41, 5.74) is 3.71. The van der Waals surface area contributed by atoms with Crippen LogP contribution in [0.3, 0.4) is 0 Å². The number of piperidine rings is 1. The Balaban J connectivity index is 1.61. The normalized spacial score (nSPS) is 13.8. The minimum atomic E-state index is -0.363. The van der Waals surface area contributed by atoms with Gasteiger partial charge < -0.3 is 14.2 Å². The maximum atomic E-state index is 13.0. The van der Waals surface area contributed by atoms with Crippen molar-refractivity contribution >= 4 is 23.2 Å². The van der Waals surface area contributed by atoms with Gasteiger partial charge in [-0.25, -0.2) is 5.48 Å². The second kappa shape index (κ2) is 11.4. The summed E-state index contributed by atoms with van der Waals surface area (Å²) in [6, 6.07) is 11.6. The van der Waals surface area contributed by atoms with Crippen LogP contribution in [0, 0.1) is 0 Å². The van der Waals surface area contributed by atoms with Gasteiger partial charge in [0.25, 0.3) is 5.91 Å². The summed E-state index contributed by atoms with van der Waals surface area (Å²) in [6.45, 7) is 2.75. The molecule has 162 valence electrons. The molecule has 1 aromatic carbocycles. The maximum absolute atomic E-state index is 13.0. The van der Waals surface area contributed by atoms with Gasteiger partial charge in [-0.15, -0.1) is 0 Å². The van der Waals surface area contributed by atoms with Gasteiger partial charge in [-0.05, 0) is 68.5 Å². The number of anilines is 2. The van der Waals surface area contributed by atoms with Crippen molar-refractivity contribution in [2.75, 3.05) is 29.4 Å². The van der Waals surface area contributed by atoms with Crippen LogP contribution in [-0.2, 0) is 4.79 Å². The zero-order valence-electron chi connectivity index (χ0n) is 17.4. The first-order valence-electron chi connectivity index (χ1n) is 10.8. The highest BCUT2D eigenvalue weighted by molar-refractivity contribution is 6.04. The van der Waals surface area contributed by atoms with Crippen molar-refractivity contribution in [2.24, 2.45) is 0 Å². The van der Waals surface area contributed by atoms with Crippen molar-refractivity contribution in [3.8, 4) is 0 Å². The number of rotatable bonds is 10. The lowest BCUT2D eigenvalue weighted by Crippen LogP contribution is -2.32. The molecular weight excluding hydrogens is 382 g/mol. The summed E-state index contributed by atoms with van der Waals surface area (Å²) in [6.07, 6.45) is 8.86. The number of nitrogens with one attached hydrogen (secondary N) is 1. The van der Waals surface area contributed by atoms with E-state index < -0.39 is 0 Å². The number of hydroxylamine groups is 1. The van der Waals surface area contributed by atoms with E-state index >= 15 is 0 Å². The molecule has 0 aliphatic carbocycles. The Kier molecular flexibility index (Phi) is 8.32. The number of carbonyl (C=O) groups excluding carboxylic acids is 2. The zero-order valence-corrected chi connectivity index (χ0v) is 17.4. The van der Waals surface area contributed by atoms with Gasteiger partial charge in [0.1, 0.15) is 0 Å². The number of hydrogen-bond acceptors (Lipinski definition) is 5. The Labute approximate surface area is 177 Å². The molecule has 2 N–H and O–H groups in total. The van der Waals surface area contributed by atoms with E-state index in [1.165, 1.54) is 31.2 Å². The lowest BCUT2D eigenvalue weighted by atomic mass is 10.1. The Bertz CT molecular complexity index is 783. The highest BCUT2D eigenvalue weighted by Crippen LogP contribution is 2.25. The highest BCUT2D eigenvalue weighted by atomic mass is 16.5. The molecule has 0 radical (unpaired) electrons. The van der Waals surface area contributed by atoms with E-state index in [4.69, 9.17) is 9.62 Å². The van der Waals surface area contributed by atoms with E-state index in [0.717, 1.165) is 38.0 Å². The molecule has 0 bridgehead atoms. The first-order chi connectivity index (χ1) is 14.7. The zero-order chi connectivity index (χ0) is 21.2. The molecule has 2 amide bonds. The van der Waals surface area contributed by atoms with Gasteiger partial charge >= 0.3 is 0 Å². The van der Waals surface area contributed by atoms with Crippen molar-refractivity contribution in [3.05, 3.63) is 48.4 Å². The third-order valence-corrected chi connectivity index (χ3v) is 5.52. The molecule has 1 fully saturated rings. The van der Waals surface area contributed by atoms with E-state index in [9.17, 15) is 9.59 Å². The second-order valence-corrected chi connectivity index (χ2v) is 7.70. The molecule has 3 rings (SSSR count). The Hall–Kier alpha value is -2.80. The Morgan fingerprint density at radius 2 is 1.73 bits per heavy atom. The number of hydrogen-bond donors (Lipinski definition) is 2. The standard InChI is InChI=1S/C23H31N3O4/c27-22(24-29)10-4-1-2-7-17-26(23(28)21-9-8-18-30-21)20-13-11-19(12-14-20)25-15-5-3-6-16-25/h8-9,11-14,18,29H,1-7,10,15-17H2,(H,24,27). The molecule has 1 aliphatic rings. The second-order valence-electron chi connectivity index (χ2n) is 7.70. The SMILES string of the molecule is O=C(CCCCCCN(C(=O)c1ccco1)c1ccc(N2CCCCC2)cc1)NO. The van der Waals surface area contributed by atoms with E-state index in [1.807, 2.05) is 12.1 Å². The number of unbranched alkanes of at least 4 members (excludes halogenated alkanes) is 3. The topological polar surface area (TPSA) is 86.0 Å². The first kappa shape index (κ1) is 21.9. The molecule has 1 aromatic heterocycles. The van der Waals surface area contributed by atoms with Crippen LogP contribution >= 0.6 is 0 Å². The maximum Gasteiger partial charge on any atom is 0.293 e. The molecule has 2 heterocycles. The molecule has 0 unspecified atom stereocenters. The Morgan fingerprint density at radius 1 is 1.00 bits per heavy atom. The lowest BCUT2D eigenvalue weighted by Gasteiger charge is -2.29. The fourth-order valence-corrected chi connectivity index (χ4v) is 3.84. The van der Waals surface area contributed by atoms with E-state index in [1.54, 1.807) is 22.5 Å². The van der Waals surface area contributed by atoms with E-state index in [0.29, 0.717) is 25.1 Å². The molecule has 30 heavy (non-hydrogen) atoms. The summed E-state index contributed by atoms with van der Waals surface area (Å²) in [7, 11) is 0. The van der Waals surface area contributed by atoms with Crippen LogP contribution < -0.4 is 15.3 Å². The minimum absolute atomic E-state index is 0.148. The van der Waals surface area contributed by atoms with E-state index in [2.05, 4.69) is 17.0 Å². The molecule has 1 aliphatic heterocycles. The monoisotopic (exact) mass is 413 g/mol. The fraction of sp³-hybridized carbons (Fsp3) is 0.478. The smallest absolute Gasteiger partial charge is 0.293 e. The predicted molar refractivity (Wildman–Crippen MR) is 116 cm³/mol.